The molecule has 0 bridgehead atoms. The highest BCUT2D eigenvalue weighted by Gasteiger charge is 2.41. The highest BCUT2D eigenvalue weighted by molar-refractivity contribution is 6.03. The van der Waals surface area contributed by atoms with Gasteiger partial charge in [0.2, 0.25) is 0 Å². The molecule has 3 atom stereocenters. The SMILES string of the molecule is CCCNc1cc(C(=O)NC2CC3CCCN(c4ccccn4)C3C2)c(C)cc1C(N)=O. The van der Waals surface area contributed by atoms with Crippen molar-refractivity contribution < 1.29 is 9.59 Å². The smallest absolute Gasteiger partial charge is 0.251 e. The molecular formula is C25H33N5O2. The van der Waals surface area contributed by atoms with Crippen molar-refractivity contribution in [3.05, 3.63) is 53.2 Å². The van der Waals surface area contributed by atoms with Gasteiger partial charge in [-0.05, 0) is 74.8 Å². The lowest BCUT2D eigenvalue weighted by atomic mass is 9.92. The summed E-state index contributed by atoms with van der Waals surface area (Å²) in [5.74, 6) is 1.01. The van der Waals surface area contributed by atoms with Crippen molar-refractivity contribution in [1.82, 2.24) is 10.3 Å². The summed E-state index contributed by atoms with van der Waals surface area (Å²) >= 11 is 0. The van der Waals surface area contributed by atoms with Crippen LogP contribution >= 0.6 is 0 Å². The molecule has 1 aromatic heterocycles. The number of carbonyl (C=O) groups excluding carboxylic acids is 2. The van der Waals surface area contributed by atoms with E-state index in [-0.39, 0.29) is 11.9 Å². The van der Waals surface area contributed by atoms with E-state index < -0.39 is 5.91 Å². The largest absolute Gasteiger partial charge is 0.384 e. The molecule has 4 N–H and O–H groups in total. The number of hydrogen-bond acceptors (Lipinski definition) is 5. The Bertz CT molecular complexity index is 978. The number of carbonyl (C=O) groups is 2. The number of amides is 2. The summed E-state index contributed by atoms with van der Waals surface area (Å²) < 4.78 is 0. The van der Waals surface area contributed by atoms with Crippen molar-refractivity contribution >= 4 is 23.3 Å². The van der Waals surface area contributed by atoms with E-state index in [1.165, 1.54) is 6.42 Å². The highest BCUT2D eigenvalue weighted by Crippen LogP contribution is 2.39. The van der Waals surface area contributed by atoms with Crippen LogP contribution in [0.4, 0.5) is 11.5 Å². The number of rotatable bonds is 7. The molecule has 2 aliphatic rings. The fraction of sp³-hybridized carbons (Fsp3) is 0.480. The molecule has 1 saturated heterocycles. The first-order valence-electron chi connectivity index (χ1n) is 11.6. The molecule has 1 aliphatic carbocycles. The fourth-order valence-electron chi connectivity index (χ4n) is 5.24. The van der Waals surface area contributed by atoms with Gasteiger partial charge in [0.25, 0.3) is 11.8 Å². The number of aryl methyl sites for hydroxylation is 1. The molecule has 7 heteroatoms. The first-order valence-corrected chi connectivity index (χ1v) is 11.6. The van der Waals surface area contributed by atoms with Crippen LogP contribution in [0.2, 0.25) is 0 Å². The molecule has 7 nitrogen and oxygen atoms in total. The van der Waals surface area contributed by atoms with Crippen LogP contribution in [-0.4, -0.2) is 42.0 Å². The third-order valence-corrected chi connectivity index (χ3v) is 6.75. The first kappa shape index (κ1) is 22.1. The Balaban J connectivity index is 1.49. The number of fused-ring (bicyclic) bond motifs is 1. The summed E-state index contributed by atoms with van der Waals surface area (Å²) in [5, 5.41) is 6.50. The predicted molar refractivity (Wildman–Crippen MR) is 127 cm³/mol. The Hall–Kier alpha value is -3.09. The van der Waals surface area contributed by atoms with Crippen LogP contribution in [0.5, 0.6) is 0 Å². The number of nitrogens with one attached hydrogen (secondary N) is 2. The molecule has 4 rings (SSSR count). The number of hydrogen-bond donors (Lipinski definition) is 3. The maximum atomic E-state index is 13.2. The van der Waals surface area contributed by atoms with E-state index in [2.05, 4.69) is 26.6 Å². The van der Waals surface area contributed by atoms with E-state index in [1.54, 1.807) is 12.1 Å². The van der Waals surface area contributed by atoms with E-state index in [0.29, 0.717) is 35.3 Å². The van der Waals surface area contributed by atoms with E-state index in [4.69, 9.17) is 5.73 Å². The molecule has 170 valence electrons. The lowest BCUT2D eigenvalue weighted by Gasteiger charge is -2.38. The predicted octanol–water partition coefficient (Wildman–Crippen LogP) is 3.49. The van der Waals surface area contributed by atoms with E-state index in [9.17, 15) is 9.59 Å². The second kappa shape index (κ2) is 9.59. The summed E-state index contributed by atoms with van der Waals surface area (Å²) in [7, 11) is 0. The van der Waals surface area contributed by atoms with Crippen LogP contribution < -0.4 is 21.3 Å². The Kier molecular flexibility index (Phi) is 6.63. The van der Waals surface area contributed by atoms with Gasteiger partial charge < -0.3 is 21.3 Å². The number of pyridine rings is 1. The van der Waals surface area contributed by atoms with E-state index >= 15 is 0 Å². The Morgan fingerprint density at radius 1 is 1.22 bits per heavy atom. The van der Waals surface area contributed by atoms with Crippen LogP contribution in [0, 0.1) is 12.8 Å². The summed E-state index contributed by atoms with van der Waals surface area (Å²) in [5.41, 5.74) is 7.94. The quantitative estimate of drug-likeness (QED) is 0.618. The number of primary amides is 1. The molecule has 1 aliphatic heterocycles. The minimum absolute atomic E-state index is 0.0916. The molecule has 3 unspecified atom stereocenters. The van der Waals surface area contributed by atoms with Crippen molar-refractivity contribution in [2.24, 2.45) is 11.7 Å². The Morgan fingerprint density at radius 2 is 2.06 bits per heavy atom. The van der Waals surface area contributed by atoms with E-state index in [0.717, 1.165) is 43.6 Å². The van der Waals surface area contributed by atoms with Gasteiger partial charge in [-0.15, -0.1) is 0 Å². The number of anilines is 2. The van der Waals surface area contributed by atoms with Gasteiger partial charge in [-0.25, -0.2) is 4.98 Å². The molecule has 0 spiro atoms. The number of piperidine rings is 1. The van der Waals surface area contributed by atoms with Crippen molar-refractivity contribution in [2.75, 3.05) is 23.3 Å². The maximum absolute atomic E-state index is 13.2. The number of aromatic nitrogens is 1. The average molecular weight is 436 g/mol. The molecule has 2 aromatic rings. The summed E-state index contributed by atoms with van der Waals surface area (Å²) in [6, 6.07) is 10.1. The zero-order valence-electron chi connectivity index (χ0n) is 18.9. The number of nitrogens with zero attached hydrogens (tertiary/aromatic N) is 2. The van der Waals surface area contributed by atoms with Gasteiger partial charge in [0.1, 0.15) is 5.82 Å². The standard InChI is InChI=1S/C25H33N5O2/c1-3-9-27-21-15-19(16(2)12-20(21)24(26)31)25(32)29-18-13-17-7-6-11-30(22(17)14-18)23-8-4-5-10-28-23/h4-5,8,10,12,15,17-18,22,27H,3,6-7,9,11,13-14H2,1-2H3,(H2,26,31)(H,29,32). The van der Waals surface area contributed by atoms with E-state index in [1.807, 2.05) is 32.2 Å². The number of benzene rings is 1. The van der Waals surface area contributed by atoms with Crippen molar-refractivity contribution in [2.45, 2.75) is 58.0 Å². The molecule has 0 radical (unpaired) electrons. The third-order valence-electron chi connectivity index (χ3n) is 6.75. The van der Waals surface area contributed by atoms with Gasteiger partial charge in [0, 0.05) is 42.6 Å². The lowest BCUT2D eigenvalue weighted by molar-refractivity contribution is 0.0934. The Labute approximate surface area is 189 Å². The third kappa shape index (κ3) is 4.56. The van der Waals surface area contributed by atoms with Gasteiger partial charge in [-0.3, -0.25) is 9.59 Å². The molecular weight excluding hydrogens is 402 g/mol. The van der Waals surface area contributed by atoms with Crippen molar-refractivity contribution in [3.8, 4) is 0 Å². The first-order chi connectivity index (χ1) is 15.5. The fourth-order valence-corrected chi connectivity index (χ4v) is 5.24. The van der Waals surface area contributed by atoms with Crippen LogP contribution in [0.1, 0.15) is 65.3 Å². The molecule has 1 aromatic carbocycles. The zero-order chi connectivity index (χ0) is 22.7. The van der Waals surface area contributed by atoms with Crippen molar-refractivity contribution in [1.29, 1.82) is 0 Å². The molecule has 2 fully saturated rings. The minimum atomic E-state index is -0.492. The Morgan fingerprint density at radius 3 is 2.78 bits per heavy atom. The van der Waals surface area contributed by atoms with Crippen LogP contribution in [0.25, 0.3) is 0 Å². The van der Waals surface area contributed by atoms with Gasteiger partial charge in [0.15, 0.2) is 0 Å². The minimum Gasteiger partial charge on any atom is -0.384 e. The summed E-state index contributed by atoms with van der Waals surface area (Å²) in [6.45, 7) is 5.62. The van der Waals surface area contributed by atoms with Gasteiger partial charge in [-0.1, -0.05) is 13.0 Å². The topological polar surface area (TPSA) is 100 Å². The van der Waals surface area contributed by atoms with Gasteiger partial charge >= 0.3 is 0 Å². The molecule has 1 saturated carbocycles. The second-order valence-electron chi connectivity index (χ2n) is 9.00. The van der Waals surface area contributed by atoms with Gasteiger partial charge in [0.05, 0.1) is 5.56 Å². The van der Waals surface area contributed by atoms with Crippen molar-refractivity contribution in [3.63, 3.8) is 0 Å². The molecule has 2 heterocycles. The lowest BCUT2D eigenvalue weighted by Crippen LogP contribution is -2.43. The summed E-state index contributed by atoms with van der Waals surface area (Å²) in [4.78, 5) is 32.0. The highest BCUT2D eigenvalue weighted by atomic mass is 16.2. The zero-order valence-corrected chi connectivity index (χ0v) is 18.9. The normalized spacial score (nSPS) is 22.3. The summed E-state index contributed by atoms with van der Waals surface area (Å²) in [6.07, 6.45) is 7.00. The van der Waals surface area contributed by atoms with Crippen LogP contribution in [0.15, 0.2) is 36.5 Å². The molecule has 2 amide bonds. The monoisotopic (exact) mass is 435 g/mol. The van der Waals surface area contributed by atoms with Crippen LogP contribution in [0.3, 0.4) is 0 Å². The number of nitrogens with two attached hydrogens (primary N) is 1. The van der Waals surface area contributed by atoms with Gasteiger partial charge in [-0.2, -0.15) is 0 Å². The van der Waals surface area contributed by atoms with Crippen LogP contribution in [-0.2, 0) is 0 Å². The molecule has 32 heavy (non-hydrogen) atoms. The second-order valence-corrected chi connectivity index (χ2v) is 9.00. The average Bonchev–Trinajstić information content (AvgIpc) is 3.20. The maximum Gasteiger partial charge on any atom is 0.251 e.